The number of pyridine rings is 1. The molecule has 0 unspecified atom stereocenters. The molecule has 3 rings (SSSR count). The maximum Gasteiger partial charge on any atom is 0.416 e. The number of nitrogens with one attached hydrogen (secondary N) is 1. The lowest BCUT2D eigenvalue weighted by Gasteiger charge is -2.06. The highest BCUT2D eigenvalue weighted by Gasteiger charge is 2.30. The van der Waals surface area contributed by atoms with E-state index in [1.807, 2.05) is 36.4 Å². The number of halogens is 3. The Bertz CT molecular complexity index is 746. The summed E-state index contributed by atoms with van der Waals surface area (Å²) in [7, 11) is 0. The Morgan fingerprint density at radius 1 is 0.750 bits per heavy atom. The molecule has 0 aliphatic carbocycles. The highest BCUT2D eigenvalue weighted by atomic mass is 19.4. The van der Waals surface area contributed by atoms with Gasteiger partial charge in [0.05, 0.1) is 5.56 Å². The number of rotatable bonds is 1. The zero-order valence-electron chi connectivity index (χ0n) is 10.4. The zero-order valence-corrected chi connectivity index (χ0v) is 10.4. The lowest BCUT2D eigenvalue weighted by atomic mass is 10.1. The molecule has 3 aromatic rings. The molecule has 1 N–H and O–H groups in total. The Balaban J connectivity index is 2.02. The van der Waals surface area contributed by atoms with E-state index in [0.717, 1.165) is 34.3 Å². The molecule has 1 aromatic heterocycles. The second kappa shape index (κ2) is 4.63. The molecule has 0 radical (unpaired) electrons. The number of H-pyrrole nitrogens is 1. The Hall–Kier alpha value is -2.36. The van der Waals surface area contributed by atoms with Crippen molar-refractivity contribution in [2.75, 3.05) is 0 Å². The van der Waals surface area contributed by atoms with E-state index in [9.17, 15) is 13.2 Å². The SMILES string of the molecule is FC(F)(F)c1ccc(-c2ccc3ccccc3[nH+]2)cc1. The highest BCUT2D eigenvalue weighted by molar-refractivity contribution is 5.77. The van der Waals surface area contributed by atoms with Crippen LogP contribution in [0.4, 0.5) is 13.2 Å². The number of aromatic amines is 1. The van der Waals surface area contributed by atoms with Crippen molar-refractivity contribution in [3.8, 4) is 11.3 Å². The van der Waals surface area contributed by atoms with Crippen LogP contribution >= 0.6 is 0 Å². The number of alkyl halides is 3. The molecule has 0 amide bonds. The van der Waals surface area contributed by atoms with E-state index in [1.54, 1.807) is 0 Å². The average molecular weight is 274 g/mol. The quantitative estimate of drug-likeness (QED) is 0.626. The molecule has 0 atom stereocenters. The summed E-state index contributed by atoms with van der Waals surface area (Å²) >= 11 is 0. The van der Waals surface area contributed by atoms with Gasteiger partial charge in [-0.25, -0.2) is 4.98 Å². The molecule has 0 spiro atoms. The van der Waals surface area contributed by atoms with Crippen LogP contribution in [-0.2, 0) is 6.18 Å². The van der Waals surface area contributed by atoms with Gasteiger partial charge >= 0.3 is 6.18 Å². The summed E-state index contributed by atoms with van der Waals surface area (Å²) in [5.74, 6) is 0. The Morgan fingerprint density at radius 3 is 2.15 bits per heavy atom. The molecule has 0 saturated heterocycles. The molecule has 0 fully saturated rings. The summed E-state index contributed by atoms with van der Waals surface area (Å²) in [5.41, 5.74) is 1.83. The molecule has 1 heterocycles. The number of aromatic nitrogens is 1. The van der Waals surface area contributed by atoms with Crippen molar-refractivity contribution < 1.29 is 18.2 Å². The van der Waals surface area contributed by atoms with Gasteiger partial charge in [0.2, 0.25) is 11.2 Å². The predicted octanol–water partition coefficient (Wildman–Crippen LogP) is 4.34. The normalized spacial score (nSPS) is 11.8. The van der Waals surface area contributed by atoms with Gasteiger partial charge in [0.15, 0.2) is 0 Å². The molecule has 1 nitrogen and oxygen atoms in total. The summed E-state index contributed by atoms with van der Waals surface area (Å²) in [6, 6.07) is 16.7. The minimum Gasteiger partial charge on any atom is -0.204 e. The summed E-state index contributed by atoms with van der Waals surface area (Å²) < 4.78 is 37.6. The maximum atomic E-state index is 12.5. The average Bonchev–Trinajstić information content (AvgIpc) is 2.46. The van der Waals surface area contributed by atoms with Gasteiger partial charge in [-0.3, -0.25) is 0 Å². The fraction of sp³-hybridized carbons (Fsp3) is 0.0625. The minimum atomic E-state index is -4.30. The van der Waals surface area contributed by atoms with Crippen LogP contribution in [0.15, 0.2) is 60.7 Å². The van der Waals surface area contributed by atoms with E-state index >= 15 is 0 Å². The fourth-order valence-electron chi connectivity index (χ4n) is 2.12. The third kappa shape index (κ3) is 2.37. The Labute approximate surface area is 113 Å². The molecule has 0 aliphatic rings. The molecule has 20 heavy (non-hydrogen) atoms. The van der Waals surface area contributed by atoms with Gasteiger partial charge in [0.25, 0.3) is 0 Å². The van der Waals surface area contributed by atoms with Crippen LogP contribution in [0.25, 0.3) is 22.2 Å². The molecule has 2 aromatic carbocycles. The molecular weight excluding hydrogens is 263 g/mol. The molecule has 4 heteroatoms. The van der Waals surface area contributed by atoms with Crippen molar-refractivity contribution in [2.24, 2.45) is 0 Å². The van der Waals surface area contributed by atoms with Gasteiger partial charge in [-0.05, 0) is 36.4 Å². The Morgan fingerprint density at radius 2 is 1.45 bits per heavy atom. The van der Waals surface area contributed by atoms with Crippen molar-refractivity contribution in [1.29, 1.82) is 0 Å². The summed E-state index contributed by atoms with van der Waals surface area (Å²) in [6.07, 6.45) is -4.30. The van der Waals surface area contributed by atoms with Gasteiger partial charge < -0.3 is 0 Å². The van der Waals surface area contributed by atoms with Gasteiger partial charge in [-0.2, -0.15) is 13.2 Å². The monoisotopic (exact) mass is 274 g/mol. The van der Waals surface area contributed by atoms with Crippen molar-refractivity contribution >= 4 is 10.9 Å². The van der Waals surface area contributed by atoms with Crippen LogP contribution < -0.4 is 4.98 Å². The number of hydrogen-bond acceptors (Lipinski definition) is 0. The van der Waals surface area contributed by atoms with Gasteiger partial charge in [-0.15, -0.1) is 0 Å². The second-order valence-electron chi connectivity index (χ2n) is 4.53. The summed E-state index contributed by atoms with van der Waals surface area (Å²) in [4.78, 5) is 3.22. The van der Waals surface area contributed by atoms with Gasteiger partial charge in [-0.1, -0.05) is 12.1 Å². The molecule has 0 aliphatic heterocycles. The standard InChI is InChI=1S/C16H10F3N/c17-16(18,19)13-8-5-12(6-9-13)15-10-7-11-3-1-2-4-14(11)20-15/h1-10H/p+1. The van der Waals surface area contributed by atoms with Crippen molar-refractivity contribution in [3.63, 3.8) is 0 Å². The molecule has 100 valence electrons. The predicted molar refractivity (Wildman–Crippen MR) is 70.9 cm³/mol. The summed E-state index contributed by atoms with van der Waals surface area (Å²) in [5, 5.41) is 1.06. The molecule has 0 bridgehead atoms. The zero-order chi connectivity index (χ0) is 14.2. The topological polar surface area (TPSA) is 14.1 Å². The van der Waals surface area contributed by atoms with Gasteiger partial charge in [0.1, 0.15) is 0 Å². The van der Waals surface area contributed by atoms with Crippen LogP contribution in [0.1, 0.15) is 5.56 Å². The third-order valence-corrected chi connectivity index (χ3v) is 3.18. The van der Waals surface area contributed by atoms with Crippen LogP contribution in [-0.4, -0.2) is 0 Å². The first-order valence-electron chi connectivity index (χ1n) is 6.13. The summed E-state index contributed by atoms with van der Waals surface area (Å²) in [6.45, 7) is 0. The van der Waals surface area contributed by atoms with Crippen molar-refractivity contribution in [2.45, 2.75) is 6.18 Å². The molecule has 0 saturated carbocycles. The second-order valence-corrected chi connectivity index (χ2v) is 4.53. The lowest BCUT2D eigenvalue weighted by molar-refractivity contribution is -0.331. The van der Waals surface area contributed by atoms with Crippen molar-refractivity contribution in [3.05, 3.63) is 66.2 Å². The van der Waals surface area contributed by atoms with E-state index in [4.69, 9.17) is 0 Å². The smallest absolute Gasteiger partial charge is 0.204 e. The van der Waals surface area contributed by atoms with E-state index in [-0.39, 0.29) is 0 Å². The fourth-order valence-corrected chi connectivity index (χ4v) is 2.12. The maximum absolute atomic E-state index is 12.5. The highest BCUT2D eigenvalue weighted by Crippen LogP contribution is 2.30. The van der Waals surface area contributed by atoms with Gasteiger partial charge in [0, 0.05) is 23.1 Å². The number of hydrogen-bond donors (Lipinski definition) is 0. The first-order chi connectivity index (χ1) is 9.54. The van der Waals surface area contributed by atoms with E-state index in [2.05, 4.69) is 4.98 Å². The van der Waals surface area contributed by atoms with Crippen LogP contribution in [0.3, 0.4) is 0 Å². The first-order valence-corrected chi connectivity index (χ1v) is 6.13. The number of benzene rings is 2. The number of fused-ring (bicyclic) bond motifs is 1. The largest absolute Gasteiger partial charge is 0.416 e. The van der Waals surface area contributed by atoms with E-state index < -0.39 is 11.7 Å². The van der Waals surface area contributed by atoms with Crippen molar-refractivity contribution in [1.82, 2.24) is 0 Å². The first kappa shape index (κ1) is 12.7. The van der Waals surface area contributed by atoms with Crippen LogP contribution in [0.2, 0.25) is 0 Å². The third-order valence-electron chi connectivity index (χ3n) is 3.18. The van der Waals surface area contributed by atoms with E-state index in [1.165, 1.54) is 12.1 Å². The van der Waals surface area contributed by atoms with Crippen LogP contribution in [0, 0.1) is 0 Å². The van der Waals surface area contributed by atoms with Crippen LogP contribution in [0.5, 0.6) is 0 Å². The van der Waals surface area contributed by atoms with E-state index in [0.29, 0.717) is 0 Å². The minimum absolute atomic E-state index is 0.637. The number of para-hydroxylation sites is 1. The molecular formula is C16H11F3N+. The Kier molecular flexibility index (Phi) is 2.93. The lowest BCUT2D eigenvalue weighted by Crippen LogP contribution is -2.08.